The van der Waals surface area contributed by atoms with Crippen LogP contribution in [0.4, 0.5) is 8.78 Å². The Labute approximate surface area is 104 Å². The zero-order valence-corrected chi connectivity index (χ0v) is 10.1. The molecule has 0 unspecified atom stereocenters. The summed E-state index contributed by atoms with van der Waals surface area (Å²) in [5.74, 6) is -1.01. The van der Waals surface area contributed by atoms with E-state index in [9.17, 15) is 13.6 Å². The topological polar surface area (TPSA) is 17.1 Å². The molecule has 2 rings (SSSR count). The van der Waals surface area contributed by atoms with Crippen molar-refractivity contribution in [2.45, 2.75) is 13.8 Å². The lowest BCUT2D eigenvalue weighted by Gasteiger charge is -2.10. The minimum absolute atomic E-state index is 0.120. The van der Waals surface area contributed by atoms with E-state index in [0.29, 0.717) is 17.4 Å². The Kier molecular flexibility index (Phi) is 3.24. The molecule has 0 N–H and O–H groups in total. The van der Waals surface area contributed by atoms with Gasteiger partial charge >= 0.3 is 0 Å². The number of aryl methyl sites for hydroxylation is 2. The number of aldehydes is 1. The van der Waals surface area contributed by atoms with Crippen LogP contribution in [0.1, 0.15) is 21.5 Å². The molecular formula is C15H12F2O. The van der Waals surface area contributed by atoms with Crippen LogP contribution in [0.2, 0.25) is 0 Å². The molecule has 0 fully saturated rings. The van der Waals surface area contributed by atoms with Gasteiger partial charge in [-0.1, -0.05) is 6.07 Å². The molecular weight excluding hydrogens is 234 g/mol. The first kappa shape index (κ1) is 12.4. The third-order valence-electron chi connectivity index (χ3n) is 2.83. The zero-order chi connectivity index (χ0) is 13.3. The Morgan fingerprint density at radius 2 is 1.72 bits per heavy atom. The van der Waals surface area contributed by atoms with Gasteiger partial charge in [0.25, 0.3) is 0 Å². The number of carbonyl (C=O) groups is 1. The van der Waals surface area contributed by atoms with Crippen LogP contribution < -0.4 is 0 Å². The van der Waals surface area contributed by atoms with Crippen LogP contribution >= 0.6 is 0 Å². The average Bonchev–Trinajstić information content (AvgIpc) is 2.30. The number of hydrogen-bond acceptors (Lipinski definition) is 1. The number of carbonyl (C=O) groups excluding carboxylic acids is 1. The lowest BCUT2D eigenvalue weighted by molar-refractivity contribution is 0.112. The molecule has 18 heavy (non-hydrogen) atoms. The summed E-state index contributed by atoms with van der Waals surface area (Å²) in [6, 6.07) is 7.05. The van der Waals surface area contributed by atoms with E-state index < -0.39 is 11.6 Å². The predicted octanol–water partition coefficient (Wildman–Crippen LogP) is 4.06. The molecule has 0 saturated heterocycles. The summed E-state index contributed by atoms with van der Waals surface area (Å²) in [7, 11) is 0. The van der Waals surface area contributed by atoms with Gasteiger partial charge in [-0.25, -0.2) is 8.78 Å². The molecule has 2 aromatic rings. The highest BCUT2D eigenvalue weighted by molar-refractivity contribution is 5.80. The Balaban J connectivity index is 2.72. The number of hydrogen-bond donors (Lipinski definition) is 0. The Bertz CT molecular complexity index is 595. The lowest BCUT2D eigenvalue weighted by atomic mass is 9.96. The number of rotatable bonds is 2. The van der Waals surface area contributed by atoms with Crippen LogP contribution in [0.5, 0.6) is 0 Å². The zero-order valence-electron chi connectivity index (χ0n) is 10.1. The van der Waals surface area contributed by atoms with Gasteiger partial charge in [-0.15, -0.1) is 0 Å². The van der Waals surface area contributed by atoms with Crippen LogP contribution in [0.3, 0.4) is 0 Å². The van der Waals surface area contributed by atoms with E-state index in [-0.39, 0.29) is 11.1 Å². The molecule has 1 nitrogen and oxygen atoms in total. The largest absolute Gasteiger partial charge is 0.298 e. The SMILES string of the molecule is Cc1cc(C)c(-c2cc(C=O)ccc2F)c(F)c1. The third kappa shape index (κ3) is 2.16. The van der Waals surface area contributed by atoms with Crippen molar-refractivity contribution in [1.82, 2.24) is 0 Å². The van der Waals surface area contributed by atoms with E-state index in [2.05, 4.69) is 0 Å². The molecule has 0 aliphatic heterocycles. The van der Waals surface area contributed by atoms with Crippen molar-refractivity contribution in [2.75, 3.05) is 0 Å². The molecule has 92 valence electrons. The summed E-state index contributed by atoms with van der Waals surface area (Å²) in [5.41, 5.74) is 2.08. The quantitative estimate of drug-likeness (QED) is 0.730. The van der Waals surface area contributed by atoms with Crippen molar-refractivity contribution in [1.29, 1.82) is 0 Å². The summed E-state index contributed by atoms with van der Waals surface area (Å²) < 4.78 is 27.7. The highest BCUT2D eigenvalue weighted by Gasteiger charge is 2.14. The first-order valence-electron chi connectivity index (χ1n) is 5.55. The number of halogens is 2. The van der Waals surface area contributed by atoms with Crippen molar-refractivity contribution < 1.29 is 13.6 Å². The molecule has 0 aliphatic rings. The van der Waals surface area contributed by atoms with E-state index in [0.717, 1.165) is 5.56 Å². The van der Waals surface area contributed by atoms with Gasteiger partial charge < -0.3 is 0 Å². The second-order valence-corrected chi connectivity index (χ2v) is 4.30. The van der Waals surface area contributed by atoms with Crippen molar-refractivity contribution >= 4 is 6.29 Å². The fourth-order valence-electron chi connectivity index (χ4n) is 2.06. The molecule has 0 amide bonds. The maximum Gasteiger partial charge on any atom is 0.150 e. The van der Waals surface area contributed by atoms with E-state index in [1.54, 1.807) is 19.9 Å². The average molecular weight is 246 g/mol. The predicted molar refractivity (Wildman–Crippen MR) is 66.7 cm³/mol. The summed E-state index contributed by atoms with van der Waals surface area (Å²) in [5, 5.41) is 0. The van der Waals surface area contributed by atoms with Crippen molar-refractivity contribution in [3.05, 3.63) is 58.7 Å². The molecule has 0 aliphatic carbocycles. The maximum absolute atomic E-state index is 14.0. The molecule has 0 aromatic heterocycles. The lowest BCUT2D eigenvalue weighted by Crippen LogP contribution is -1.95. The van der Waals surface area contributed by atoms with E-state index in [1.165, 1.54) is 24.3 Å². The molecule has 0 heterocycles. The van der Waals surface area contributed by atoms with E-state index >= 15 is 0 Å². The highest BCUT2D eigenvalue weighted by Crippen LogP contribution is 2.30. The van der Waals surface area contributed by atoms with Crippen LogP contribution in [0, 0.1) is 25.5 Å². The van der Waals surface area contributed by atoms with Gasteiger partial charge in [0.15, 0.2) is 0 Å². The van der Waals surface area contributed by atoms with Gasteiger partial charge in [0, 0.05) is 16.7 Å². The van der Waals surface area contributed by atoms with E-state index in [4.69, 9.17) is 0 Å². The maximum atomic E-state index is 14.0. The van der Waals surface area contributed by atoms with Gasteiger partial charge in [0.05, 0.1) is 0 Å². The second-order valence-electron chi connectivity index (χ2n) is 4.30. The Hall–Kier alpha value is -2.03. The van der Waals surface area contributed by atoms with Crippen LogP contribution in [-0.4, -0.2) is 6.29 Å². The van der Waals surface area contributed by atoms with Gasteiger partial charge in [-0.3, -0.25) is 4.79 Å². The highest BCUT2D eigenvalue weighted by atomic mass is 19.1. The third-order valence-corrected chi connectivity index (χ3v) is 2.83. The summed E-state index contributed by atoms with van der Waals surface area (Å²) in [6.07, 6.45) is 0.615. The minimum atomic E-state index is -0.536. The van der Waals surface area contributed by atoms with Crippen molar-refractivity contribution in [2.24, 2.45) is 0 Å². The fraction of sp³-hybridized carbons (Fsp3) is 0.133. The summed E-state index contributed by atoms with van der Waals surface area (Å²) >= 11 is 0. The summed E-state index contributed by atoms with van der Waals surface area (Å²) in [6.45, 7) is 3.50. The summed E-state index contributed by atoms with van der Waals surface area (Å²) in [4.78, 5) is 10.7. The molecule has 0 atom stereocenters. The fourth-order valence-corrected chi connectivity index (χ4v) is 2.06. The number of benzene rings is 2. The molecule has 3 heteroatoms. The molecule has 2 aromatic carbocycles. The van der Waals surface area contributed by atoms with Gasteiger partial charge in [0.1, 0.15) is 17.9 Å². The Morgan fingerprint density at radius 3 is 2.33 bits per heavy atom. The molecule has 0 spiro atoms. The first-order valence-corrected chi connectivity index (χ1v) is 5.55. The monoisotopic (exact) mass is 246 g/mol. The molecule has 0 saturated carbocycles. The van der Waals surface area contributed by atoms with Gasteiger partial charge in [-0.05, 0) is 49.2 Å². The van der Waals surface area contributed by atoms with Crippen molar-refractivity contribution in [3.63, 3.8) is 0 Å². The molecule has 0 radical (unpaired) electrons. The smallest absolute Gasteiger partial charge is 0.150 e. The van der Waals surface area contributed by atoms with Crippen LogP contribution in [0.15, 0.2) is 30.3 Å². The minimum Gasteiger partial charge on any atom is -0.298 e. The second kappa shape index (κ2) is 4.69. The Morgan fingerprint density at radius 1 is 1.00 bits per heavy atom. The first-order chi connectivity index (χ1) is 8.52. The van der Waals surface area contributed by atoms with Crippen LogP contribution in [0.25, 0.3) is 11.1 Å². The standard InChI is InChI=1S/C15H12F2O/c1-9-5-10(2)15(14(17)6-9)12-7-11(8-18)3-4-13(12)16/h3-8H,1-2H3. The van der Waals surface area contributed by atoms with Gasteiger partial charge in [0.2, 0.25) is 0 Å². The van der Waals surface area contributed by atoms with Crippen LogP contribution in [-0.2, 0) is 0 Å². The van der Waals surface area contributed by atoms with Gasteiger partial charge in [-0.2, -0.15) is 0 Å². The van der Waals surface area contributed by atoms with Crippen molar-refractivity contribution in [3.8, 4) is 11.1 Å². The van der Waals surface area contributed by atoms with E-state index in [1.807, 2.05) is 0 Å². The molecule has 0 bridgehead atoms. The normalized spacial score (nSPS) is 10.4.